The monoisotopic (exact) mass is 338 g/mol. The normalized spacial score (nSPS) is 25.8. The van der Waals surface area contributed by atoms with Gasteiger partial charge in [0.15, 0.2) is 0 Å². The van der Waals surface area contributed by atoms with Crippen molar-refractivity contribution in [2.24, 2.45) is 5.92 Å². The van der Waals surface area contributed by atoms with Gasteiger partial charge < -0.3 is 9.62 Å². The number of nitrogens with one attached hydrogen (secondary N) is 1. The Morgan fingerprint density at radius 3 is 2.38 bits per heavy atom. The molecular formula is C21H26N2S. The number of fused-ring (bicyclic) bond motifs is 1. The molecular weight excluding hydrogens is 312 g/mol. The Kier molecular flexibility index (Phi) is 4.09. The average molecular weight is 339 g/mol. The molecule has 2 atom stereocenters. The number of hydrogen-bond donors (Lipinski definition) is 1. The van der Waals surface area contributed by atoms with E-state index in [1.165, 1.54) is 41.2 Å². The van der Waals surface area contributed by atoms with Gasteiger partial charge in [-0.25, -0.2) is 0 Å². The zero-order valence-electron chi connectivity index (χ0n) is 14.8. The molecule has 2 fully saturated rings. The highest BCUT2D eigenvalue weighted by Crippen LogP contribution is 2.58. The highest BCUT2D eigenvalue weighted by Gasteiger charge is 2.59. The molecule has 2 aliphatic rings. The van der Waals surface area contributed by atoms with E-state index < -0.39 is 0 Å². The summed E-state index contributed by atoms with van der Waals surface area (Å²) in [5.41, 5.74) is 4.56. The first-order chi connectivity index (χ1) is 11.6. The van der Waals surface area contributed by atoms with Crippen molar-refractivity contribution >= 4 is 17.6 Å². The lowest BCUT2D eigenvalue weighted by molar-refractivity contribution is 0.363. The van der Waals surface area contributed by atoms with E-state index >= 15 is 0 Å². The fourth-order valence-corrected chi connectivity index (χ4v) is 4.73. The van der Waals surface area contributed by atoms with Crippen LogP contribution in [0.3, 0.4) is 0 Å². The summed E-state index contributed by atoms with van der Waals surface area (Å²) in [6, 6.07) is 17.9. The molecule has 0 bridgehead atoms. The molecule has 2 nitrogen and oxygen atoms in total. The van der Waals surface area contributed by atoms with Crippen molar-refractivity contribution in [1.82, 2.24) is 4.90 Å². The summed E-state index contributed by atoms with van der Waals surface area (Å²) in [6.45, 7) is 6.95. The van der Waals surface area contributed by atoms with Crippen LogP contribution in [0.25, 0.3) is 0 Å². The summed E-state index contributed by atoms with van der Waals surface area (Å²) >= 11 is 1.68. The largest absolute Gasteiger partial charge is 0.326 e. The smallest absolute Gasteiger partial charge is 0.0443 e. The van der Waals surface area contributed by atoms with Crippen LogP contribution in [-0.4, -0.2) is 25.0 Å². The standard InChI is InChI=1S/C21H26N2S/c1-15(2)16-4-10-20(11-5-16)24-22-19-8-6-17(7-9-19)21-12-18(21)13-23(3)14-21/h4-11,15,18,22H,12-14H2,1-3H3. The van der Waals surface area contributed by atoms with E-state index in [9.17, 15) is 0 Å². The lowest BCUT2D eigenvalue weighted by Gasteiger charge is -2.17. The lowest BCUT2D eigenvalue weighted by atomic mass is 9.95. The van der Waals surface area contributed by atoms with E-state index in [1.807, 2.05) is 0 Å². The quantitative estimate of drug-likeness (QED) is 0.761. The summed E-state index contributed by atoms with van der Waals surface area (Å²) in [5.74, 6) is 1.47. The fourth-order valence-electron chi connectivity index (χ4n) is 4.09. The van der Waals surface area contributed by atoms with Crippen molar-refractivity contribution in [2.45, 2.75) is 36.5 Å². The van der Waals surface area contributed by atoms with Crippen LogP contribution in [0, 0.1) is 5.92 Å². The zero-order valence-corrected chi connectivity index (χ0v) is 15.6. The van der Waals surface area contributed by atoms with Gasteiger partial charge in [-0.3, -0.25) is 0 Å². The Hall–Kier alpha value is -1.45. The molecule has 0 spiro atoms. The Morgan fingerprint density at radius 1 is 1.08 bits per heavy atom. The molecule has 1 aliphatic carbocycles. The average Bonchev–Trinajstić information content (AvgIpc) is 3.16. The van der Waals surface area contributed by atoms with Crippen LogP contribution in [0.1, 0.15) is 37.3 Å². The Morgan fingerprint density at radius 2 is 1.79 bits per heavy atom. The SMILES string of the molecule is CC(C)c1ccc(SNc2ccc(C34CC3CN(C)C4)cc2)cc1. The van der Waals surface area contributed by atoms with E-state index in [2.05, 4.69) is 79.0 Å². The van der Waals surface area contributed by atoms with Crippen molar-refractivity contribution in [3.05, 3.63) is 59.7 Å². The van der Waals surface area contributed by atoms with Crippen molar-refractivity contribution in [3.8, 4) is 0 Å². The third kappa shape index (κ3) is 2.96. The summed E-state index contributed by atoms with van der Waals surface area (Å²) in [7, 11) is 2.24. The first-order valence-corrected chi connectivity index (χ1v) is 9.70. The van der Waals surface area contributed by atoms with Gasteiger partial charge in [-0.15, -0.1) is 0 Å². The minimum atomic E-state index is 0.465. The van der Waals surface area contributed by atoms with Gasteiger partial charge in [-0.05, 0) is 72.6 Å². The van der Waals surface area contributed by atoms with E-state index in [1.54, 1.807) is 11.9 Å². The summed E-state index contributed by atoms with van der Waals surface area (Å²) < 4.78 is 3.47. The Bertz CT molecular complexity index is 708. The van der Waals surface area contributed by atoms with Crippen LogP contribution in [0.5, 0.6) is 0 Å². The van der Waals surface area contributed by atoms with Gasteiger partial charge in [0.05, 0.1) is 0 Å². The van der Waals surface area contributed by atoms with Crippen molar-refractivity contribution in [2.75, 3.05) is 24.9 Å². The zero-order chi connectivity index (χ0) is 16.7. The molecule has 126 valence electrons. The van der Waals surface area contributed by atoms with Gasteiger partial charge in [-0.1, -0.05) is 38.1 Å². The van der Waals surface area contributed by atoms with Crippen molar-refractivity contribution in [3.63, 3.8) is 0 Å². The second-order valence-corrected chi connectivity index (χ2v) is 8.64. The summed E-state index contributed by atoms with van der Waals surface area (Å²) in [6.07, 6.45) is 1.38. The molecule has 1 heterocycles. The van der Waals surface area contributed by atoms with Crippen LogP contribution in [-0.2, 0) is 5.41 Å². The molecule has 1 saturated heterocycles. The van der Waals surface area contributed by atoms with Crippen molar-refractivity contribution < 1.29 is 0 Å². The first kappa shape index (κ1) is 16.0. The molecule has 24 heavy (non-hydrogen) atoms. The minimum absolute atomic E-state index is 0.465. The number of piperidine rings is 1. The van der Waals surface area contributed by atoms with Crippen molar-refractivity contribution in [1.29, 1.82) is 0 Å². The predicted octanol–water partition coefficient (Wildman–Crippen LogP) is 5.13. The third-order valence-electron chi connectivity index (χ3n) is 5.61. The second-order valence-electron chi connectivity index (χ2n) is 7.76. The topological polar surface area (TPSA) is 15.3 Å². The Balaban J connectivity index is 1.38. The molecule has 2 aromatic rings. The van der Waals surface area contributed by atoms with Crippen LogP contribution in [0.4, 0.5) is 5.69 Å². The maximum atomic E-state index is 3.47. The van der Waals surface area contributed by atoms with Crippen LogP contribution in [0.2, 0.25) is 0 Å². The molecule has 0 aromatic heterocycles. The summed E-state index contributed by atoms with van der Waals surface area (Å²) in [5, 5.41) is 0. The van der Waals surface area contributed by atoms with Crippen LogP contribution in [0.15, 0.2) is 53.4 Å². The van der Waals surface area contributed by atoms with Gasteiger partial charge >= 0.3 is 0 Å². The molecule has 3 heteroatoms. The minimum Gasteiger partial charge on any atom is -0.326 e. The number of anilines is 1. The molecule has 2 unspecified atom stereocenters. The second kappa shape index (κ2) is 6.12. The number of likely N-dealkylation sites (tertiary alicyclic amines) is 1. The maximum Gasteiger partial charge on any atom is 0.0443 e. The third-order valence-corrected chi connectivity index (χ3v) is 6.46. The Labute approximate surface area is 149 Å². The van der Waals surface area contributed by atoms with E-state index in [0.29, 0.717) is 11.3 Å². The van der Waals surface area contributed by atoms with Crippen LogP contribution < -0.4 is 4.72 Å². The number of benzene rings is 2. The molecule has 1 N–H and O–H groups in total. The predicted molar refractivity (Wildman–Crippen MR) is 104 cm³/mol. The van der Waals surface area contributed by atoms with Gasteiger partial charge in [-0.2, -0.15) is 0 Å². The van der Waals surface area contributed by atoms with E-state index in [4.69, 9.17) is 0 Å². The highest BCUT2D eigenvalue weighted by atomic mass is 32.2. The molecule has 0 radical (unpaired) electrons. The number of likely N-dealkylation sites (N-methyl/N-ethyl adjacent to an activating group) is 1. The number of rotatable bonds is 5. The molecule has 0 amide bonds. The van der Waals surface area contributed by atoms with Gasteiger partial charge in [0.2, 0.25) is 0 Å². The van der Waals surface area contributed by atoms with Gasteiger partial charge in [0.1, 0.15) is 0 Å². The fraction of sp³-hybridized carbons (Fsp3) is 0.429. The maximum absolute atomic E-state index is 3.47. The highest BCUT2D eigenvalue weighted by molar-refractivity contribution is 8.00. The number of nitrogens with zero attached hydrogens (tertiary/aromatic N) is 1. The molecule has 1 aliphatic heterocycles. The molecule has 2 aromatic carbocycles. The van der Waals surface area contributed by atoms with Gasteiger partial charge in [0, 0.05) is 29.1 Å². The van der Waals surface area contributed by atoms with Gasteiger partial charge in [0.25, 0.3) is 0 Å². The lowest BCUT2D eigenvalue weighted by Crippen LogP contribution is -2.22. The summed E-state index contributed by atoms with van der Waals surface area (Å²) in [4.78, 5) is 3.72. The molecule has 4 rings (SSSR count). The number of hydrogen-bond acceptors (Lipinski definition) is 3. The first-order valence-electron chi connectivity index (χ1n) is 8.89. The van der Waals surface area contributed by atoms with E-state index in [-0.39, 0.29) is 0 Å². The van der Waals surface area contributed by atoms with E-state index in [0.717, 1.165) is 5.92 Å². The van der Waals surface area contributed by atoms with Crippen LogP contribution >= 0.6 is 11.9 Å². The molecule has 1 saturated carbocycles.